The van der Waals surface area contributed by atoms with Crippen LogP contribution in [0, 0.1) is 5.92 Å². The molecule has 4 heteroatoms. The molecule has 0 radical (unpaired) electrons. The van der Waals surface area contributed by atoms with Crippen molar-refractivity contribution < 1.29 is 14.7 Å². The van der Waals surface area contributed by atoms with Crippen molar-refractivity contribution in [1.82, 2.24) is 0 Å². The van der Waals surface area contributed by atoms with Crippen LogP contribution in [0.3, 0.4) is 0 Å². The number of carbonyl (C=O) groups excluding carboxylic acids is 1. The maximum absolute atomic E-state index is 10.3. The first kappa shape index (κ1) is 8.68. The molecule has 1 amide bonds. The van der Waals surface area contributed by atoms with E-state index in [2.05, 4.69) is 6.58 Å². The van der Waals surface area contributed by atoms with E-state index in [0.29, 0.717) is 0 Å². The molecule has 0 spiro atoms. The van der Waals surface area contributed by atoms with Crippen molar-refractivity contribution in [3.63, 3.8) is 0 Å². The lowest BCUT2D eigenvalue weighted by Gasteiger charge is -2.04. The molecule has 1 unspecified atom stereocenters. The van der Waals surface area contributed by atoms with E-state index < -0.39 is 17.8 Å². The van der Waals surface area contributed by atoms with Crippen LogP contribution >= 0.6 is 0 Å². The maximum atomic E-state index is 10.3. The fourth-order valence-electron chi connectivity index (χ4n) is 0.362. The quantitative estimate of drug-likeness (QED) is 0.534. The fourth-order valence-corrected chi connectivity index (χ4v) is 0.362. The molecule has 0 aromatic carbocycles. The zero-order valence-electron chi connectivity index (χ0n) is 5.63. The Morgan fingerprint density at radius 2 is 2.00 bits per heavy atom. The van der Waals surface area contributed by atoms with Gasteiger partial charge >= 0.3 is 5.97 Å². The molecule has 10 heavy (non-hydrogen) atoms. The van der Waals surface area contributed by atoms with E-state index in [9.17, 15) is 9.59 Å². The lowest BCUT2D eigenvalue weighted by molar-refractivity contribution is -0.140. The molecule has 0 saturated heterocycles. The topological polar surface area (TPSA) is 80.4 Å². The van der Waals surface area contributed by atoms with Crippen LogP contribution in [0.2, 0.25) is 0 Å². The summed E-state index contributed by atoms with van der Waals surface area (Å²) in [4.78, 5) is 20.5. The van der Waals surface area contributed by atoms with Crippen LogP contribution in [0.5, 0.6) is 0 Å². The van der Waals surface area contributed by atoms with Gasteiger partial charge in [-0.1, -0.05) is 6.58 Å². The average Bonchev–Trinajstić information content (AvgIpc) is 1.84. The Kier molecular flexibility index (Phi) is 2.61. The molecule has 0 fully saturated rings. The number of rotatable bonds is 3. The van der Waals surface area contributed by atoms with E-state index in [1.165, 1.54) is 6.92 Å². The molecule has 0 rings (SSSR count). The van der Waals surface area contributed by atoms with Gasteiger partial charge in [-0.05, 0) is 6.92 Å². The molecule has 0 aliphatic carbocycles. The summed E-state index contributed by atoms with van der Waals surface area (Å²) in [6, 6.07) is 0. The van der Waals surface area contributed by atoms with Gasteiger partial charge in [0.15, 0.2) is 0 Å². The van der Waals surface area contributed by atoms with Gasteiger partial charge in [-0.15, -0.1) is 0 Å². The Balaban J connectivity index is 4.22. The SMILES string of the molecule is C=C(C(N)=O)C(C)C(=O)O. The first-order chi connectivity index (χ1) is 4.46. The molecule has 0 aromatic rings. The summed E-state index contributed by atoms with van der Waals surface area (Å²) in [6.07, 6.45) is 0. The van der Waals surface area contributed by atoms with Crippen molar-refractivity contribution in [1.29, 1.82) is 0 Å². The first-order valence-corrected chi connectivity index (χ1v) is 2.68. The summed E-state index contributed by atoms with van der Waals surface area (Å²) in [5.41, 5.74) is 4.70. The van der Waals surface area contributed by atoms with Crippen molar-refractivity contribution in [2.24, 2.45) is 11.7 Å². The molecular formula is C6H9NO3. The summed E-state index contributed by atoms with van der Waals surface area (Å²) in [6.45, 7) is 4.58. The number of nitrogens with two attached hydrogens (primary N) is 1. The van der Waals surface area contributed by atoms with Gasteiger partial charge in [0.2, 0.25) is 5.91 Å². The number of primary amides is 1. The van der Waals surface area contributed by atoms with E-state index >= 15 is 0 Å². The molecule has 56 valence electrons. The van der Waals surface area contributed by atoms with Crippen molar-refractivity contribution in [2.45, 2.75) is 6.92 Å². The highest BCUT2D eigenvalue weighted by molar-refractivity contribution is 5.96. The minimum absolute atomic E-state index is 0.0764. The van der Waals surface area contributed by atoms with E-state index in [-0.39, 0.29) is 5.57 Å². The zero-order chi connectivity index (χ0) is 8.31. The Hall–Kier alpha value is -1.32. The third kappa shape index (κ3) is 1.89. The van der Waals surface area contributed by atoms with E-state index in [4.69, 9.17) is 10.8 Å². The van der Waals surface area contributed by atoms with Crippen molar-refractivity contribution >= 4 is 11.9 Å². The van der Waals surface area contributed by atoms with Crippen LogP contribution in [0.1, 0.15) is 6.92 Å². The Morgan fingerprint density at radius 3 is 2.10 bits per heavy atom. The number of aliphatic carboxylic acids is 1. The van der Waals surface area contributed by atoms with Gasteiger partial charge in [0.25, 0.3) is 0 Å². The highest BCUT2D eigenvalue weighted by atomic mass is 16.4. The number of carboxylic acid groups (broad SMARTS) is 1. The first-order valence-electron chi connectivity index (χ1n) is 2.68. The van der Waals surface area contributed by atoms with E-state index in [1.807, 2.05) is 0 Å². The van der Waals surface area contributed by atoms with E-state index in [0.717, 1.165) is 0 Å². The van der Waals surface area contributed by atoms with Gasteiger partial charge < -0.3 is 10.8 Å². The average molecular weight is 143 g/mol. The van der Waals surface area contributed by atoms with Crippen LogP contribution in [0.25, 0.3) is 0 Å². The molecular weight excluding hydrogens is 134 g/mol. The van der Waals surface area contributed by atoms with Crippen molar-refractivity contribution in [2.75, 3.05) is 0 Å². The lowest BCUT2D eigenvalue weighted by atomic mass is 10.0. The Bertz CT molecular complexity index is 185. The predicted molar refractivity (Wildman–Crippen MR) is 35.1 cm³/mol. The normalized spacial score (nSPS) is 12.1. The van der Waals surface area contributed by atoms with E-state index in [1.54, 1.807) is 0 Å². The molecule has 0 saturated carbocycles. The van der Waals surface area contributed by atoms with Crippen LogP contribution in [-0.2, 0) is 9.59 Å². The van der Waals surface area contributed by atoms with Crippen molar-refractivity contribution in [3.8, 4) is 0 Å². The molecule has 3 N–H and O–H groups in total. The molecule has 4 nitrogen and oxygen atoms in total. The summed E-state index contributed by atoms with van der Waals surface area (Å²) < 4.78 is 0. The second kappa shape index (κ2) is 3.00. The monoisotopic (exact) mass is 143 g/mol. The number of carboxylic acids is 1. The van der Waals surface area contributed by atoms with Gasteiger partial charge in [-0.25, -0.2) is 0 Å². The number of carbonyl (C=O) groups is 2. The predicted octanol–water partition coefficient (Wildman–Crippen LogP) is -0.251. The molecule has 0 heterocycles. The number of amides is 1. The Morgan fingerprint density at radius 1 is 1.60 bits per heavy atom. The Labute approximate surface area is 58.3 Å². The van der Waals surface area contributed by atoms with Gasteiger partial charge in [0, 0.05) is 5.57 Å². The second-order valence-corrected chi connectivity index (χ2v) is 1.95. The van der Waals surface area contributed by atoms with Gasteiger partial charge in [0.05, 0.1) is 5.92 Å². The van der Waals surface area contributed by atoms with Gasteiger partial charge in [-0.3, -0.25) is 9.59 Å². The second-order valence-electron chi connectivity index (χ2n) is 1.95. The third-order valence-electron chi connectivity index (χ3n) is 1.21. The lowest BCUT2D eigenvalue weighted by Crippen LogP contribution is -2.23. The van der Waals surface area contributed by atoms with Crippen LogP contribution in [0.4, 0.5) is 0 Å². The van der Waals surface area contributed by atoms with Crippen LogP contribution < -0.4 is 5.73 Å². The minimum Gasteiger partial charge on any atom is -0.481 e. The largest absolute Gasteiger partial charge is 0.481 e. The summed E-state index contributed by atoms with van der Waals surface area (Å²) in [7, 11) is 0. The van der Waals surface area contributed by atoms with Crippen LogP contribution in [-0.4, -0.2) is 17.0 Å². The van der Waals surface area contributed by atoms with Gasteiger partial charge in [0.1, 0.15) is 0 Å². The van der Waals surface area contributed by atoms with Crippen LogP contribution in [0.15, 0.2) is 12.2 Å². The molecule has 0 aliphatic rings. The summed E-state index contributed by atoms with van der Waals surface area (Å²) in [5, 5.41) is 8.33. The molecule has 0 bridgehead atoms. The smallest absolute Gasteiger partial charge is 0.310 e. The molecule has 0 aromatic heterocycles. The molecule has 0 aliphatic heterocycles. The molecule has 1 atom stereocenters. The fraction of sp³-hybridized carbons (Fsp3) is 0.333. The number of hydrogen-bond acceptors (Lipinski definition) is 2. The third-order valence-corrected chi connectivity index (χ3v) is 1.21. The summed E-state index contributed by atoms with van der Waals surface area (Å²) >= 11 is 0. The minimum atomic E-state index is -1.09. The zero-order valence-corrected chi connectivity index (χ0v) is 5.63. The maximum Gasteiger partial charge on any atom is 0.310 e. The van der Waals surface area contributed by atoms with Crippen molar-refractivity contribution in [3.05, 3.63) is 12.2 Å². The van der Waals surface area contributed by atoms with Gasteiger partial charge in [-0.2, -0.15) is 0 Å². The number of hydrogen-bond donors (Lipinski definition) is 2. The highest BCUT2D eigenvalue weighted by Gasteiger charge is 2.17. The summed E-state index contributed by atoms with van der Waals surface area (Å²) in [5.74, 6) is -2.75. The highest BCUT2D eigenvalue weighted by Crippen LogP contribution is 2.06. The standard InChI is InChI=1S/C6H9NO3/c1-3(5(7)8)4(2)6(9)10/h4H,1H2,2H3,(H2,7,8)(H,9,10).